The maximum atomic E-state index is 13.0. The van der Waals surface area contributed by atoms with E-state index >= 15 is 0 Å². The van der Waals surface area contributed by atoms with E-state index < -0.39 is 9.84 Å². The number of sulfone groups is 1. The molecule has 1 heterocycles. The monoisotopic (exact) mass is 447 g/mol. The molecule has 0 saturated carbocycles. The van der Waals surface area contributed by atoms with E-state index in [0.29, 0.717) is 24.9 Å². The minimum Gasteiger partial charge on any atom is -0.384 e. The highest BCUT2D eigenvalue weighted by Gasteiger charge is 2.25. The third-order valence-corrected chi connectivity index (χ3v) is 7.49. The quantitative estimate of drug-likeness (QED) is 0.444. The summed E-state index contributed by atoms with van der Waals surface area (Å²) in [6, 6.07) is 20.8. The lowest BCUT2D eigenvalue weighted by molar-refractivity contribution is -0.118. The molecule has 0 aromatic heterocycles. The van der Waals surface area contributed by atoms with Crippen molar-refractivity contribution in [3.63, 3.8) is 0 Å². The summed E-state index contributed by atoms with van der Waals surface area (Å²) in [6.07, 6.45) is 2.47. The minimum absolute atomic E-state index is 0.0141. The molecular weight excluding hydrogens is 422 g/mol. The van der Waals surface area contributed by atoms with Crippen molar-refractivity contribution in [3.8, 4) is 0 Å². The Balaban J connectivity index is 1.51. The molecule has 4 rings (SSSR count). The molecule has 0 unspecified atom stereocenters. The molecule has 1 amide bonds. The van der Waals surface area contributed by atoms with Crippen molar-refractivity contribution >= 4 is 27.3 Å². The molecule has 0 fully saturated rings. The molecule has 32 heavy (non-hydrogen) atoms. The van der Waals surface area contributed by atoms with Crippen LogP contribution in [0.25, 0.3) is 0 Å². The number of anilines is 1. The van der Waals surface area contributed by atoms with E-state index in [1.165, 1.54) is 0 Å². The van der Waals surface area contributed by atoms with Crippen molar-refractivity contribution in [1.29, 1.82) is 5.41 Å². The topological polar surface area (TPSA) is 104 Å². The van der Waals surface area contributed by atoms with Gasteiger partial charge in [-0.3, -0.25) is 10.2 Å². The second-order valence-corrected chi connectivity index (χ2v) is 9.82. The molecule has 3 aromatic rings. The first-order valence-electron chi connectivity index (χ1n) is 10.5. The Hall–Kier alpha value is -3.45. The van der Waals surface area contributed by atoms with Crippen LogP contribution in [0.4, 0.5) is 5.69 Å². The number of nitrogens with two attached hydrogens (primary N) is 1. The van der Waals surface area contributed by atoms with Gasteiger partial charge < -0.3 is 10.6 Å². The first-order chi connectivity index (χ1) is 15.4. The fraction of sp³-hybridized carbons (Fsp3) is 0.200. The number of nitrogens with zero attached hydrogens (tertiary/aromatic N) is 1. The summed E-state index contributed by atoms with van der Waals surface area (Å²) in [5, 5.41) is 7.46. The van der Waals surface area contributed by atoms with E-state index in [1.54, 1.807) is 65.6 Å². The molecule has 0 atom stereocenters. The van der Waals surface area contributed by atoms with Gasteiger partial charge in [0.25, 0.3) is 0 Å². The highest BCUT2D eigenvalue weighted by Crippen LogP contribution is 2.32. The van der Waals surface area contributed by atoms with E-state index in [2.05, 4.69) is 0 Å². The Kier molecular flexibility index (Phi) is 6.10. The Morgan fingerprint density at radius 2 is 1.69 bits per heavy atom. The normalized spacial score (nSPS) is 13.4. The van der Waals surface area contributed by atoms with Crippen LogP contribution in [-0.2, 0) is 27.5 Å². The van der Waals surface area contributed by atoms with E-state index in [-0.39, 0.29) is 21.5 Å². The average molecular weight is 448 g/mol. The third kappa shape index (κ3) is 4.43. The minimum atomic E-state index is -3.59. The first-order valence-corrected chi connectivity index (χ1v) is 12.0. The lowest BCUT2D eigenvalue weighted by Gasteiger charge is -2.30. The summed E-state index contributed by atoms with van der Waals surface area (Å²) in [7, 11) is -3.59. The zero-order chi connectivity index (χ0) is 22.7. The molecule has 0 radical (unpaired) electrons. The van der Waals surface area contributed by atoms with E-state index in [1.807, 2.05) is 12.1 Å². The Morgan fingerprint density at radius 1 is 0.969 bits per heavy atom. The van der Waals surface area contributed by atoms with Crippen LogP contribution in [0.3, 0.4) is 0 Å². The van der Waals surface area contributed by atoms with E-state index in [9.17, 15) is 13.2 Å². The number of carbonyl (C=O) groups excluding carboxylic acids is 1. The molecule has 1 aliphatic heterocycles. The highest BCUT2D eigenvalue weighted by atomic mass is 32.2. The summed E-state index contributed by atoms with van der Waals surface area (Å²) < 4.78 is 25.9. The molecule has 0 saturated heterocycles. The molecular formula is C25H25N3O3S. The van der Waals surface area contributed by atoms with Gasteiger partial charge in [0.05, 0.1) is 9.79 Å². The summed E-state index contributed by atoms with van der Waals surface area (Å²) in [6.45, 7) is 0.625. The van der Waals surface area contributed by atoms with Gasteiger partial charge in [-0.2, -0.15) is 0 Å². The molecule has 164 valence electrons. The number of aryl methyl sites for hydroxylation is 2. The van der Waals surface area contributed by atoms with Gasteiger partial charge in [-0.25, -0.2) is 8.42 Å². The number of fused-ring (bicyclic) bond motifs is 1. The second kappa shape index (κ2) is 8.96. The molecule has 3 aromatic carbocycles. The lowest BCUT2D eigenvalue weighted by Crippen LogP contribution is -2.35. The maximum Gasteiger partial charge on any atom is 0.227 e. The van der Waals surface area contributed by atoms with Crippen LogP contribution in [0.5, 0.6) is 0 Å². The van der Waals surface area contributed by atoms with Crippen LogP contribution in [0.2, 0.25) is 0 Å². The Bertz CT molecular complexity index is 1250. The standard InChI is InChI=1S/C25H25N3O3S/c26-25(27)19-11-8-18(9-12-19)10-15-24(29)28-16-4-5-20-17-22(13-14-23(20)28)32(30,31)21-6-2-1-3-7-21/h1-3,6-9,11-14,17H,4-5,10,15-16H2,(H3,26,27). The molecule has 7 heteroatoms. The maximum absolute atomic E-state index is 13.0. The SMILES string of the molecule is N=C(N)c1ccc(CCC(=O)N2CCCc3cc(S(=O)(=O)c4ccccc4)ccc32)cc1. The predicted molar refractivity (Wildman–Crippen MR) is 125 cm³/mol. The molecule has 6 nitrogen and oxygen atoms in total. The first kappa shape index (κ1) is 21.8. The van der Waals surface area contributed by atoms with Crippen molar-refractivity contribution in [2.24, 2.45) is 5.73 Å². The molecule has 3 N–H and O–H groups in total. The molecule has 1 aliphatic rings. The lowest BCUT2D eigenvalue weighted by atomic mass is 10.0. The number of nitrogen functional groups attached to an aromatic ring is 1. The number of carbonyl (C=O) groups is 1. The summed E-state index contributed by atoms with van der Waals surface area (Å²) in [5.74, 6) is 0.0338. The van der Waals surface area contributed by atoms with Gasteiger partial charge in [0.15, 0.2) is 0 Å². The number of benzene rings is 3. The number of amides is 1. The second-order valence-electron chi connectivity index (χ2n) is 7.87. The van der Waals surface area contributed by atoms with Crippen LogP contribution in [0.15, 0.2) is 82.6 Å². The van der Waals surface area contributed by atoms with Crippen molar-refractivity contribution in [2.75, 3.05) is 11.4 Å². The third-order valence-electron chi connectivity index (χ3n) is 5.73. The summed E-state index contributed by atoms with van der Waals surface area (Å²) in [4.78, 5) is 15.2. The number of hydrogen-bond acceptors (Lipinski definition) is 4. The number of nitrogens with one attached hydrogen (secondary N) is 1. The molecule has 0 spiro atoms. The highest BCUT2D eigenvalue weighted by molar-refractivity contribution is 7.91. The van der Waals surface area contributed by atoms with Gasteiger partial charge in [0.1, 0.15) is 5.84 Å². The van der Waals surface area contributed by atoms with Gasteiger partial charge in [-0.05, 0) is 60.7 Å². The fourth-order valence-corrected chi connectivity index (χ4v) is 5.30. The molecule has 0 bridgehead atoms. The van der Waals surface area contributed by atoms with Crippen LogP contribution < -0.4 is 10.6 Å². The fourth-order valence-electron chi connectivity index (χ4n) is 3.97. The number of hydrogen-bond donors (Lipinski definition) is 2. The largest absolute Gasteiger partial charge is 0.384 e. The van der Waals surface area contributed by atoms with Gasteiger partial charge in [0, 0.05) is 24.2 Å². The van der Waals surface area contributed by atoms with Crippen LogP contribution in [0.1, 0.15) is 29.5 Å². The van der Waals surface area contributed by atoms with Crippen molar-refractivity contribution in [2.45, 2.75) is 35.5 Å². The zero-order valence-corrected chi connectivity index (χ0v) is 18.4. The Labute approximate surface area is 188 Å². The Morgan fingerprint density at radius 3 is 2.38 bits per heavy atom. The smallest absolute Gasteiger partial charge is 0.227 e. The van der Waals surface area contributed by atoms with Crippen molar-refractivity contribution < 1.29 is 13.2 Å². The number of amidine groups is 1. The average Bonchev–Trinajstić information content (AvgIpc) is 2.82. The predicted octanol–water partition coefficient (Wildman–Crippen LogP) is 3.72. The van der Waals surface area contributed by atoms with Gasteiger partial charge >= 0.3 is 0 Å². The van der Waals surface area contributed by atoms with Crippen LogP contribution in [0, 0.1) is 5.41 Å². The zero-order valence-electron chi connectivity index (χ0n) is 17.6. The number of rotatable bonds is 6. The molecule has 0 aliphatic carbocycles. The summed E-state index contributed by atoms with van der Waals surface area (Å²) in [5.41, 5.74) is 8.82. The van der Waals surface area contributed by atoms with Crippen LogP contribution >= 0.6 is 0 Å². The van der Waals surface area contributed by atoms with Crippen LogP contribution in [-0.4, -0.2) is 26.7 Å². The van der Waals surface area contributed by atoms with Crippen molar-refractivity contribution in [3.05, 3.63) is 89.5 Å². The van der Waals surface area contributed by atoms with Gasteiger partial charge in [-0.1, -0.05) is 42.5 Å². The van der Waals surface area contributed by atoms with Gasteiger partial charge in [0.2, 0.25) is 15.7 Å². The summed E-state index contributed by atoms with van der Waals surface area (Å²) >= 11 is 0. The van der Waals surface area contributed by atoms with Crippen molar-refractivity contribution in [1.82, 2.24) is 0 Å². The van der Waals surface area contributed by atoms with E-state index in [0.717, 1.165) is 29.7 Å². The van der Waals surface area contributed by atoms with E-state index in [4.69, 9.17) is 11.1 Å². The van der Waals surface area contributed by atoms with Gasteiger partial charge in [-0.15, -0.1) is 0 Å².